The SMILES string of the molecule is O=C(O[C@@H]1[C@@H](OC(=O)c2cc(O)c(O)c(O)c2)[C@H](O)O[C@@H]2COC(=O)c3cc(O)c(O)c(O)c3-c3c(cc(O)c(O)c3O)C(=O)O[C@@H]12)c1cc(O)c(O)c(O)c1. The fourth-order valence-electron chi connectivity index (χ4n) is 5.80. The smallest absolute Gasteiger partial charge is 0.339 e. The molecule has 2 aliphatic heterocycles. The normalized spacial score (nSPS) is 20.6. The van der Waals surface area contributed by atoms with Gasteiger partial charge in [-0.25, -0.2) is 19.2 Å². The number of rotatable bonds is 4. The van der Waals surface area contributed by atoms with Crippen LogP contribution >= 0.6 is 0 Å². The molecule has 4 aromatic carbocycles. The summed E-state index contributed by atoms with van der Waals surface area (Å²) in [5.41, 5.74) is -5.28. The van der Waals surface area contributed by atoms with Crippen molar-refractivity contribution < 1.29 is 109 Å². The number of hydrogen-bond acceptors (Lipinski definition) is 22. The first-order valence-corrected chi connectivity index (χ1v) is 15.5. The molecule has 294 valence electrons. The lowest BCUT2D eigenvalue weighted by Gasteiger charge is -2.42. The molecule has 1 saturated heterocycles. The van der Waals surface area contributed by atoms with E-state index in [1.807, 2.05) is 0 Å². The second kappa shape index (κ2) is 13.9. The van der Waals surface area contributed by atoms with E-state index in [2.05, 4.69) is 0 Å². The average Bonchev–Trinajstić information content (AvgIpc) is 3.16. The Balaban J connectivity index is 1.51. The van der Waals surface area contributed by atoms with Gasteiger partial charge in [-0.1, -0.05) is 0 Å². The first kappa shape index (κ1) is 38.0. The zero-order chi connectivity index (χ0) is 41.1. The highest BCUT2D eigenvalue weighted by molar-refractivity contribution is 6.08. The number of esters is 4. The number of phenolic OH excluding ortho intramolecular Hbond substituents is 12. The van der Waals surface area contributed by atoms with Crippen LogP contribution < -0.4 is 0 Å². The van der Waals surface area contributed by atoms with Gasteiger partial charge < -0.3 is 90.1 Å². The Bertz CT molecular complexity index is 2290. The monoisotopic (exact) mass is 786 g/mol. The van der Waals surface area contributed by atoms with Crippen molar-refractivity contribution in [2.24, 2.45) is 0 Å². The topological polar surface area (TPSA) is 377 Å². The zero-order valence-electron chi connectivity index (χ0n) is 27.5. The van der Waals surface area contributed by atoms with Crippen molar-refractivity contribution in [1.29, 1.82) is 0 Å². The third-order valence-electron chi connectivity index (χ3n) is 8.53. The Hall–Kier alpha value is -7.72. The highest BCUT2D eigenvalue weighted by Crippen LogP contribution is 2.53. The van der Waals surface area contributed by atoms with E-state index in [-0.39, 0.29) is 0 Å². The number of aliphatic hydroxyl groups is 1. The number of benzene rings is 4. The van der Waals surface area contributed by atoms with Crippen LogP contribution in [-0.2, 0) is 23.7 Å². The first-order chi connectivity index (χ1) is 26.3. The molecule has 0 bridgehead atoms. The van der Waals surface area contributed by atoms with Crippen LogP contribution in [0.4, 0.5) is 0 Å². The highest BCUT2D eigenvalue weighted by atomic mass is 16.7. The largest absolute Gasteiger partial charge is 0.504 e. The van der Waals surface area contributed by atoms with Gasteiger partial charge >= 0.3 is 23.9 Å². The number of carbonyl (C=O) groups excluding carboxylic acids is 4. The molecule has 0 spiro atoms. The van der Waals surface area contributed by atoms with Crippen molar-refractivity contribution in [3.8, 4) is 80.1 Å². The Morgan fingerprint density at radius 2 is 0.929 bits per heavy atom. The fourth-order valence-corrected chi connectivity index (χ4v) is 5.80. The molecule has 22 heteroatoms. The number of hydrogen-bond donors (Lipinski definition) is 13. The lowest BCUT2D eigenvalue weighted by atomic mass is 9.92. The van der Waals surface area contributed by atoms with Crippen LogP contribution in [0.5, 0.6) is 69.0 Å². The number of carbonyl (C=O) groups is 4. The van der Waals surface area contributed by atoms with Gasteiger partial charge in [0.15, 0.2) is 82.1 Å². The van der Waals surface area contributed by atoms with E-state index in [1.165, 1.54) is 0 Å². The van der Waals surface area contributed by atoms with E-state index in [1.54, 1.807) is 0 Å². The molecule has 0 aromatic heterocycles. The maximum Gasteiger partial charge on any atom is 0.339 e. The summed E-state index contributed by atoms with van der Waals surface area (Å²) in [6, 6.07) is 3.41. The minimum absolute atomic E-state index is 0.459. The van der Waals surface area contributed by atoms with Gasteiger partial charge in [0.25, 0.3) is 0 Å². The average molecular weight is 787 g/mol. The molecule has 1 fully saturated rings. The van der Waals surface area contributed by atoms with E-state index in [9.17, 15) is 85.6 Å². The Kier molecular flexibility index (Phi) is 9.45. The van der Waals surface area contributed by atoms with Gasteiger partial charge in [-0.15, -0.1) is 0 Å². The van der Waals surface area contributed by atoms with Gasteiger partial charge in [0, 0.05) is 11.1 Å². The molecule has 22 nitrogen and oxygen atoms in total. The Morgan fingerprint density at radius 1 is 0.536 bits per heavy atom. The Labute approximate surface area is 309 Å². The number of phenols is 12. The molecule has 0 amide bonds. The van der Waals surface area contributed by atoms with E-state index >= 15 is 0 Å². The summed E-state index contributed by atoms with van der Waals surface area (Å²) in [7, 11) is 0. The molecule has 0 aliphatic carbocycles. The molecule has 0 radical (unpaired) electrons. The minimum atomic E-state index is -2.42. The summed E-state index contributed by atoms with van der Waals surface area (Å²) < 4.78 is 27.0. The van der Waals surface area contributed by atoms with Crippen molar-refractivity contribution in [2.45, 2.75) is 30.7 Å². The van der Waals surface area contributed by atoms with Crippen LogP contribution in [0.15, 0.2) is 36.4 Å². The first-order valence-electron chi connectivity index (χ1n) is 15.5. The van der Waals surface area contributed by atoms with Crippen LogP contribution in [0.2, 0.25) is 0 Å². The summed E-state index contributed by atoms with van der Waals surface area (Å²) in [6.07, 6.45) is -11.2. The summed E-state index contributed by atoms with van der Waals surface area (Å²) in [5.74, 6) is -20.2. The van der Waals surface area contributed by atoms with Gasteiger partial charge in [-0.3, -0.25) is 0 Å². The van der Waals surface area contributed by atoms with E-state index in [0.717, 1.165) is 0 Å². The zero-order valence-corrected chi connectivity index (χ0v) is 27.5. The molecule has 2 aliphatic rings. The number of cyclic esters (lactones) is 1. The maximum absolute atomic E-state index is 14.0. The standard InChI is InChI=1S/C34H26O22/c35-12-1-8(2-13(36)21(12)41)30(47)55-28-27-18(53-34(51)29(28)56-31(48)9-3-14(37)22(42)15(38)4-9)7-52-32(49)10-5-16(39)23(43)25(45)19(10)20-11(33(50)54-27)6-17(40)24(44)26(20)46/h1-6,18,27-29,34-46,51H,7H2/t18-,27-,28+,29-,34-/m1/s1. The number of aromatic hydroxyl groups is 12. The van der Waals surface area contributed by atoms with E-state index in [0.29, 0.717) is 36.4 Å². The van der Waals surface area contributed by atoms with E-state index < -0.39 is 164 Å². The van der Waals surface area contributed by atoms with Crippen molar-refractivity contribution >= 4 is 23.9 Å². The van der Waals surface area contributed by atoms with Crippen molar-refractivity contribution in [3.05, 3.63) is 58.7 Å². The molecular formula is C34H26O22. The quantitative estimate of drug-likeness (QED) is 0.0768. The summed E-state index contributed by atoms with van der Waals surface area (Å²) >= 11 is 0. The molecule has 6 rings (SSSR count). The molecule has 4 aromatic rings. The number of aliphatic hydroxyl groups excluding tert-OH is 1. The second-order valence-electron chi connectivity index (χ2n) is 12.0. The van der Waals surface area contributed by atoms with Gasteiger partial charge in [0.05, 0.1) is 22.3 Å². The number of ether oxygens (including phenoxy) is 5. The Morgan fingerprint density at radius 3 is 1.38 bits per heavy atom. The summed E-state index contributed by atoms with van der Waals surface area (Å²) in [5, 5.41) is 133. The summed E-state index contributed by atoms with van der Waals surface area (Å²) in [4.78, 5) is 54.3. The molecule has 56 heavy (non-hydrogen) atoms. The fraction of sp³-hybridized carbons (Fsp3) is 0.176. The van der Waals surface area contributed by atoms with Gasteiger partial charge in [0.1, 0.15) is 12.7 Å². The maximum atomic E-state index is 14.0. The van der Waals surface area contributed by atoms with Crippen LogP contribution in [0.3, 0.4) is 0 Å². The van der Waals surface area contributed by atoms with Crippen molar-refractivity contribution in [1.82, 2.24) is 0 Å². The van der Waals surface area contributed by atoms with Crippen molar-refractivity contribution in [2.75, 3.05) is 6.61 Å². The third kappa shape index (κ3) is 6.45. The highest BCUT2D eigenvalue weighted by Gasteiger charge is 2.53. The predicted molar refractivity (Wildman–Crippen MR) is 174 cm³/mol. The van der Waals surface area contributed by atoms with Crippen LogP contribution in [-0.4, -0.2) is 128 Å². The minimum Gasteiger partial charge on any atom is -0.504 e. The van der Waals surface area contributed by atoms with Crippen LogP contribution in [0, 0.1) is 0 Å². The molecular weight excluding hydrogens is 760 g/mol. The second-order valence-corrected chi connectivity index (χ2v) is 12.0. The van der Waals surface area contributed by atoms with Crippen LogP contribution in [0.1, 0.15) is 41.4 Å². The molecule has 2 heterocycles. The third-order valence-corrected chi connectivity index (χ3v) is 8.53. The molecule has 0 unspecified atom stereocenters. The van der Waals surface area contributed by atoms with E-state index in [4.69, 9.17) is 23.7 Å². The van der Waals surface area contributed by atoms with Crippen molar-refractivity contribution in [3.63, 3.8) is 0 Å². The summed E-state index contributed by atoms with van der Waals surface area (Å²) in [6.45, 7) is -1.09. The predicted octanol–water partition coefficient (Wildman–Crippen LogP) is 0.685. The number of fused-ring (bicyclic) bond motifs is 4. The molecule has 13 N–H and O–H groups in total. The lowest BCUT2D eigenvalue weighted by Crippen LogP contribution is -2.62. The molecule has 0 saturated carbocycles. The van der Waals surface area contributed by atoms with Gasteiger partial charge in [0.2, 0.25) is 11.5 Å². The van der Waals surface area contributed by atoms with Gasteiger partial charge in [-0.2, -0.15) is 0 Å². The van der Waals surface area contributed by atoms with Gasteiger partial charge in [-0.05, 0) is 36.4 Å². The van der Waals surface area contributed by atoms with Crippen LogP contribution in [0.25, 0.3) is 11.1 Å². The lowest BCUT2D eigenvalue weighted by molar-refractivity contribution is -0.284. The molecule has 5 atom stereocenters.